The molecule has 7 heteroatoms. The molecule has 1 aromatic carbocycles. The zero-order valence-electron chi connectivity index (χ0n) is 15.3. The molecule has 2 fully saturated rings. The first kappa shape index (κ1) is 19.1. The number of benzene rings is 1. The number of hydrogen-bond acceptors (Lipinski definition) is 4. The average molecular weight is 393 g/mol. The molecule has 3 atom stereocenters. The standard InChI is InChI=1S/C21H22F3NO3/c22-21(23,24)28-18-10-4-3-9-17(18)27-19(15-7-6-11-25-14-15)20-13-16(20)8-2-1-5-12-26-20/h3-4,6-7,9-11,14,16,19H,1-2,5,8,12-13H2. The fraction of sp³-hybridized carbons (Fsp3) is 0.476. The van der Waals surface area contributed by atoms with Gasteiger partial charge in [0.15, 0.2) is 17.6 Å². The Hall–Kier alpha value is -2.28. The van der Waals surface area contributed by atoms with Crippen molar-refractivity contribution >= 4 is 0 Å². The molecular weight excluding hydrogens is 371 g/mol. The summed E-state index contributed by atoms with van der Waals surface area (Å²) in [6.45, 7) is 0.622. The number of para-hydroxylation sites is 2. The largest absolute Gasteiger partial charge is 0.573 e. The van der Waals surface area contributed by atoms with E-state index in [-0.39, 0.29) is 11.5 Å². The van der Waals surface area contributed by atoms with Crippen LogP contribution < -0.4 is 9.47 Å². The van der Waals surface area contributed by atoms with E-state index in [1.807, 2.05) is 6.07 Å². The summed E-state index contributed by atoms with van der Waals surface area (Å²) in [5.74, 6) is 0.0106. The summed E-state index contributed by atoms with van der Waals surface area (Å²) in [4.78, 5) is 4.17. The van der Waals surface area contributed by atoms with E-state index >= 15 is 0 Å². The quantitative estimate of drug-likeness (QED) is 0.677. The van der Waals surface area contributed by atoms with E-state index in [4.69, 9.17) is 9.47 Å². The molecule has 3 unspecified atom stereocenters. The highest BCUT2D eigenvalue weighted by Crippen LogP contribution is 2.59. The number of nitrogens with zero attached hydrogens (tertiary/aromatic N) is 1. The van der Waals surface area contributed by atoms with Crippen molar-refractivity contribution < 1.29 is 27.4 Å². The molecule has 0 amide bonds. The van der Waals surface area contributed by atoms with Gasteiger partial charge in [0, 0.05) is 24.6 Å². The van der Waals surface area contributed by atoms with Crippen LogP contribution in [0.25, 0.3) is 0 Å². The van der Waals surface area contributed by atoms with E-state index in [1.165, 1.54) is 18.2 Å². The summed E-state index contributed by atoms with van der Waals surface area (Å²) in [6.07, 6.45) is 3.09. The van der Waals surface area contributed by atoms with Crippen molar-refractivity contribution in [3.8, 4) is 11.5 Å². The number of rotatable bonds is 5. The van der Waals surface area contributed by atoms with Crippen LogP contribution in [0.5, 0.6) is 11.5 Å². The van der Waals surface area contributed by atoms with Crippen LogP contribution in [0.4, 0.5) is 13.2 Å². The lowest BCUT2D eigenvalue weighted by molar-refractivity contribution is -0.275. The Kier molecular flexibility index (Phi) is 5.19. The number of fused-ring (bicyclic) bond motifs is 1. The molecule has 1 aliphatic heterocycles. The molecule has 4 nitrogen and oxygen atoms in total. The van der Waals surface area contributed by atoms with Crippen LogP contribution in [-0.2, 0) is 4.74 Å². The number of ether oxygens (including phenoxy) is 3. The van der Waals surface area contributed by atoms with E-state index in [2.05, 4.69) is 9.72 Å². The van der Waals surface area contributed by atoms with Crippen LogP contribution in [0, 0.1) is 5.92 Å². The lowest BCUT2D eigenvalue weighted by atomic mass is 9.98. The number of halogens is 3. The van der Waals surface area contributed by atoms with Crippen LogP contribution in [0.1, 0.15) is 43.8 Å². The van der Waals surface area contributed by atoms with Crippen LogP contribution in [0.2, 0.25) is 0 Å². The maximum Gasteiger partial charge on any atom is 0.573 e. The Morgan fingerprint density at radius 3 is 2.64 bits per heavy atom. The first-order valence-corrected chi connectivity index (χ1v) is 9.53. The minimum Gasteiger partial charge on any atom is -0.479 e. The van der Waals surface area contributed by atoms with Crippen molar-refractivity contribution in [3.05, 3.63) is 54.4 Å². The molecular formula is C21H22F3NO3. The molecule has 0 N–H and O–H groups in total. The number of aromatic nitrogens is 1. The van der Waals surface area contributed by atoms with Crippen LogP contribution >= 0.6 is 0 Å². The van der Waals surface area contributed by atoms with Crippen molar-refractivity contribution in [3.63, 3.8) is 0 Å². The molecule has 4 rings (SSSR count). The third-order valence-electron chi connectivity index (χ3n) is 5.41. The highest BCUT2D eigenvalue weighted by Gasteiger charge is 2.62. The van der Waals surface area contributed by atoms with E-state index in [1.54, 1.807) is 24.5 Å². The highest BCUT2D eigenvalue weighted by molar-refractivity contribution is 5.41. The van der Waals surface area contributed by atoms with E-state index in [0.717, 1.165) is 37.7 Å². The highest BCUT2D eigenvalue weighted by atomic mass is 19.4. The molecule has 1 saturated carbocycles. The second-order valence-electron chi connectivity index (χ2n) is 7.33. The topological polar surface area (TPSA) is 40.6 Å². The first-order chi connectivity index (χ1) is 13.5. The smallest absolute Gasteiger partial charge is 0.479 e. The molecule has 28 heavy (non-hydrogen) atoms. The molecule has 2 aliphatic rings. The summed E-state index contributed by atoms with van der Waals surface area (Å²) in [6, 6.07) is 9.51. The van der Waals surface area contributed by atoms with Gasteiger partial charge in [-0.2, -0.15) is 0 Å². The normalized spacial score (nSPS) is 25.8. The van der Waals surface area contributed by atoms with Gasteiger partial charge in [0.2, 0.25) is 0 Å². The maximum atomic E-state index is 12.8. The lowest BCUT2D eigenvalue weighted by Gasteiger charge is -2.31. The number of hydrogen-bond donors (Lipinski definition) is 0. The van der Waals surface area contributed by atoms with E-state index < -0.39 is 18.1 Å². The SMILES string of the molecule is FC(F)(F)Oc1ccccc1OC(c1cccnc1)C12CC1CCCCCO2. The van der Waals surface area contributed by atoms with Gasteiger partial charge in [-0.3, -0.25) is 4.98 Å². The Morgan fingerprint density at radius 1 is 1.07 bits per heavy atom. The van der Waals surface area contributed by atoms with Gasteiger partial charge < -0.3 is 14.2 Å². The van der Waals surface area contributed by atoms with Crippen LogP contribution in [-0.4, -0.2) is 23.6 Å². The number of pyridine rings is 1. The molecule has 150 valence electrons. The molecule has 0 radical (unpaired) electrons. The van der Waals surface area contributed by atoms with Gasteiger partial charge in [0.25, 0.3) is 0 Å². The van der Waals surface area contributed by atoms with E-state index in [0.29, 0.717) is 12.5 Å². The van der Waals surface area contributed by atoms with Gasteiger partial charge in [0.05, 0.1) is 0 Å². The molecule has 2 aromatic rings. The Morgan fingerprint density at radius 2 is 1.89 bits per heavy atom. The Bertz CT molecular complexity index is 799. The summed E-state index contributed by atoms with van der Waals surface area (Å²) >= 11 is 0. The van der Waals surface area contributed by atoms with Crippen molar-refractivity contribution in [2.24, 2.45) is 5.92 Å². The van der Waals surface area contributed by atoms with Crippen molar-refractivity contribution in [2.45, 2.75) is 50.2 Å². The van der Waals surface area contributed by atoms with Crippen LogP contribution in [0.3, 0.4) is 0 Å². The summed E-state index contributed by atoms with van der Waals surface area (Å²) in [5.41, 5.74) is 0.252. The molecule has 1 saturated heterocycles. The second-order valence-corrected chi connectivity index (χ2v) is 7.33. The Labute approximate surface area is 161 Å². The second kappa shape index (κ2) is 7.62. The average Bonchev–Trinajstić information content (AvgIpc) is 3.33. The fourth-order valence-electron chi connectivity index (χ4n) is 4.04. The van der Waals surface area contributed by atoms with Gasteiger partial charge in [-0.15, -0.1) is 13.2 Å². The maximum absolute atomic E-state index is 12.8. The summed E-state index contributed by atoms with van der Waals surface area (Å²) in [7, 11) is 0. The summed E-state index contributed by atoms with van der Waals surface area (Å²) < 4.78 is 55.0. The minimum absolute atomic E-state index is 0.0411. The molecule has 2 heterocycles. The van der Waals surface area contributed by atoms with Gasteiger partial charge in [-0.05, 0) is 43.4 Å². The monoisotopic (exact) mass is 393 g/mol. The minimum atomic E-state index is -4.79. The summed E-state index contributed by atoms with van der Waals surface area (Å²) in [5, 5.41) is 0. The fourth-order valence-corrected chi connectivity index (χ4v) is 4.04. The zero-order chi connectivity index (χ0) is 19.6. The van der Waals surface area contributed by atoms with E-state index in [9.17, 15) is 13.2 Å². The van der Waals surface area contributed by atoms with Crippen molar-refractivity contribution in [1.29, 1.82) is 0 Å². The molecule has 0 spiro atoms. The van der Waals surface area contributed by atoms with Gasteiger partial charge in [-0.25, -0.2) is 0 Å². The van der Waals surface area contributed by atoms with Crippen molar-refractivity contribution in [1.82, 2.24) is 4.98 Å². The van der Waals surface area contributed by atoms with Gasteiger partial charge in [-0.1, -0.05) is 31.0 Å². The number of alkyl halides is 3. The Balaban J connectivity index is 1.67. The molecule has 0 bridgehead atoms. The van der Waals surface area contributed by atoms with Gasteiger partial charge in [0.1, 0.15) is 5.60 Å². The predicted molar refractivity (Wildman–Crippen MR) is 96.0 cm³/mol. The first-order valence-electron chi connectivity index (χ1n) is 9.53. The third-order valence-corrected chi connectivity index (χ3v) is 5.41. The van der Waals surface area contributed by atoms with Crippen LogP contribution in [0.15, 0.2) is 48.8 Å². The zero-order valence-corrected chi connectivity index (χ0v) is 15.3. The van der Waals surface area contributed by atoms with Crippen molar-refractivity contribution in [2.75, 3.05) is 6.61 Å². The lowest BCUT2D eigenvalue weighted by Crippen LogP contribution is -2.32. The third kappa shape index (κ3) is 4.09. The molecule has 1 aliphatic carbocycles. The predicted octanol–water partition coefficient (Wildman–Crippen LogP) is 5.45. The van der Waals surface area contributed by atoms with Gasteiger partial charge >= 0.3 is 6.36 Å². The molecule has 1 aromatic heterocycles.